The predicted octanol–water partition coefficient (Wildman–Crippen LogP) is 1.39. The molecular weight excluding hydrogens is 276 g/mol. The van der Waals surface area contributed by atoms with Gasteiger partial charge >= 0.3 is 0 Å². The van der Waals surface area contributed by atoms with E-state index in [2.05, 4.69) is 25.1 Å². The Balaban J connectivity index is 1.66. The van der Waals surface area contributed by atoms with Gasteiger partial charge in [0, 0.05) is 23.7 Å². The lowest BCUT2D eigenvalue weighted by Gasteiger charge is -2.03. The highest BCUT2D eigenvalue weighted by molar-refractivity contribution is 7.09. The minimum absolute atomic E-state index is 0.339. The van der Waals surface area contributed by atoms with Crippen LogP contribution in [0.1, 0.15) is 34.2 Å². The molecule has 3 rings (SSSR count). The molecule has 1 unspecified atom stereocenters. The smallest absolute Gasteiger partial charge is 0.243 e. The lowest BCUT2D eigenvalue weighted by molar-refractivity contribution is 0.350. The Bertz CT molecular complexity index is 674. The van der Waals surface area contributed by atoms with E-state index >= 15 is 0 Å². The Morgan fingerprint density at radius 1 is 1.45 bits per heavy atom. The van der Waals surface area contributed by atoms with Gasteiger partial charge in [-0.3, -0.25) is 0 Å². The van der Waals surface area contributed by atoms with Gasteiger partial charge in [-0.25, -0.2) is 9.97 Å². The summed E-state index contributed by atoms with van der Waals surface area (Å²) in [5.41, 5.74) is 7.92. The zero-order valence-corrected chi connectivity index (χ0v) is 11.7. The average molecular weight is 290 g/mol. The van der Waals surface area contributed by atoms with Gasteiger partial charge in [-0.15, -0.1) is 11.3 Å². The molecule has 7 nitrogen and oxygen atoms in total. The van der Waals surface area contributed by atoms with Crippen LogP contribution in [0.5, 0.6) is 0 Å². The Labute approximate surface area is 119 Å². The van der Waals surface area contributed by atoms with E-state index in [-0.39, 0.29) is 6.04 Å². The van der Waals surface area contributed by atoms with Gasteiger partial charge in [-0.2, -0.15) is 4.98 Å². The Morgan fingerprint density at radius 2 is 2.35 bits per heavy atom. The summed E-state index contributed by atoms with van der Waals surface area (Å²) in [6.45, 7) is 1.97. The number of nitrogens with one attached hydrogen (secondary N) is 1. The van der Waals surface area contributed by atoms with Gasteiger partial charge in [0.2, 0.25) is 5.89 Å². The van der Waals surface area contributed by atoms with Gasteiger partial charge in [0.1, 0.15) is 0 Å². The van der Waals surface area contributed by atoms with E-state index in [4.69, 9.17) is 10.3 Å². The molecule has 0 bridgehead atoms. The average Bonchev–Trinajstić information content (AvgIpc) is 3.12. The second-order valence-electron chi connectivity index (χ2n) is 4.47. The third-order valence-corrected chi connectivity index (χ3v) is 3.62. The monoisotopic (exact) mass is 290 g/mol. The number of nitrogens with zero attached hydrogens (tertiary/aromatic N) is 4. The van der Waals surface area contributed by atoms with Crippen molar-refractivity contribution in [3.8, 4) is 0 Å². The molecule has 104 valence electrons. The summed E-state index contributed by atoms with van der Waals surface area (Å²) in [5.74, 6) is 1.03. The van der Waals surface area contributed by atoms with E-state index < -0.39 is 0 Å². The lowest BCUT2D eigenvalue weighted by atomic mass is 10.2. The van der Waals surface area contributed by atoms with Gasteiger partial charge in [-0.1, -0.05) is 5.16 Å². The molecule has 3 aromatic heterocycles. The maximum absolute atomic E-state index is 6.04. The third-order valence-electron chi connectivity index (χ3n) is 2.80. The lowest BCUT2D eigenvalue weighted by Crippen LogP contribution is -2.14. The van der Waals surface area contributed by atoms with Crippen LogP contribution in [0.3, 0.4) is 0 Å². The van der Waals surface area contributed by atoms with E-state index in [1.165, 1.54) is 0 Å². The number of hydrogen-bond acceptors (Lipinski definition) is 7. The number of thiazole rings is 1. The number of rotatable bonds is 5. The molecule has 3 heterocycles. The first-order chi connectivity index (χ1) is 9.70. The third kappa shape index (κ3) is 2.91. The number of aryl methyl sites for hydroxylation is 1. The summed E-state index contributed by atoms with van der Waals surface area (Å²) in [6, 6.07) is -0.339. The predicted molar refractivity (Wildman–Crippen MR) is 73.2 cm³/mol. The van der Waals surface area contributed by atoms with Crippen LogP contribution in [-0.4, -0.2) is 25.1 Å². The van der Waals surface area contributed by atoms with Crippen LogP contribution >= 0.6 is 11.3 Å². The zero-order valence-electron chi connectivity index (χ0n) is 10.9. The van der Waals surface area contributed by atoms with Gasteiger partial charge in [0.25, 0.3) is 0 Å². The first kappa shape index (κ1) is 12.9. The fraction of sp³-hybridized carbons (Fsp3) is 0.333. The Hall–Kier alpha value is -2.06. The number of H-pyrrole nitrogens is 1. The van der Waals surface area contributed by atoms with Crippen molar-refractivity contribution in [3.05, 3.63) is 46.0 Å². The molecule has 0 radical (unpaired) electrons. The molecule has 0 saturated heterocycles. The quantitative estimate of drug-likeness (QED) is 0.735. The molecule has 8 heteroatoms. The minimum Gasteiger partial charge on any atom is -0.348 e. The number of aromatic amines is 1. The molecule has 0 fully saturated rings. The van der Waals surface area contributed by atoms with Crippen LogP contribution in [0, 0.1) is 6.92 Å². The van der Waals surface area contributed by atoms with E-state index in [9.17, 15) is 0 Å². The largest absolute Gasteiger partial charge is 0.348 e. The molecule has 0 amide bonds. The summed E-state index contributed by atoms with van der Waals surface area (Å²) in [7, 11) is 0. The van der Waals surface area contributed by atoms with E-state index in [1.54, 1.807) is 23.9 Å². The van der Waals surface area contributed by atoms with Crippen molar-refractivity contribution in [1.82, 2.24) is 25.1 Å². The molecule has 0 aromatic carbocycles. The van der Waals surface area contributed by atoms with Crippen molar-refractivity contribution >= 4 is 11.3 Å². The highest BCUT2D eigenvalue weighted by Crippen LogP contribution is 2.15. The van der Waals surface area contributed by atoms with Crippen LogP contribution in [0.25, 0.3) is 0 Å². The summed E-state index contributed by atoms with van der Waals surface area (Å²) >= 11 is 1.61. The topological polar surface area (TPSA) is 107 Å². The molecule has 3 N–H and O–H groups in total. The van der Waals surface area contributed by atoms with Crippen LogP contribution in [0.2, 0.25) is 0 Å². The van der Waals surface area contributed by atoms with Crippen LogP contribution in [0.15, 0.2) is 22.4 Å². The molecule has 0 aliphatic carbocycles. The maximum Gasteiger partial charge on any atom is 0.243 e. The summed E-state index contributed by atoms with van der Waals surface area (Å²) in [5, 5.41) is 6.97. The molecule has 3 aromatic rings. The van der Waals surface area contributed by atoms with Crippen molar-refractivity contribution < 1.29 is 4.52 Å². The van der Waals surface area contributed by atoms with Crippen LogP contribution in [0.4, 0.5) is 0 Å². The second kappa shape index (κ2) is 5.51. The standard InChI is InChI=1S/C12H14N6OS/c1-7-16-9(5-20-7)3-11-17-12(19-18-11)10(13)2-8-4-14-6-15-8/h4-6,10H,2-3,13H2,1H3,(H,14,15). The fourth-order valence-corrected chi connectivity index (χ4v) is 2.47. The molecule has 1 atom stereocenters. The second-order valence-corrected chi connectivity index (χ2v) is 5.53. The van der Waals surface area contributed by atoms with Gasteiger partial charge in [0.05, 0.1) is 29.5 Å². The normalized spacial score (nSPS) is 12.7. The summed E-state index contributed by atoms with van der Waals surface area (Å²) in [4.78, 5) is 15.6. The Morgan fingerprint density at radius 3 is 3.05 bits per heavy atom. The number of nitrogens with two attached hydrogens (primary N) is 1. The first-order valence-corrected chi connectivity index (χ1v) is 7.05. The molecule has 0 aliphatic heterocycles. The molecular formula is C12H14N6OS. The van der Waals surface area contributed by atoms with E-state index in [0.717, 1.165) is 16.4 Å². The van der Waals surface area contributed by atoms with Gasteiger partial charge in [0.15, 0.2) is 5.82 Å². The highest BCUT2D eigenvalue weighted by atomic mass is 32.1. The number of hydrogen-bond donors (Lipinski definition) is 2. The molecule has 0 spiro atoms. The first-order valence-electron chi connectivity index (χ1n) is 6.17. The van der Waals surface area contributed by atoms with Gasteiger partial charge < -0.3 is 15.2 Å². The zero-order chi connectivity index (χ0) is 13.9. The molecule has 20 heavy (non-hydrogen) atoms. The van der Waals surface area contributed by atoms with Crippen LogP contribution in [-0.2, 0) is 12.8 Å². The van der Waals surface area contributed by atoms with Gasteiger partial charge in [-0.05, 0) is 6.92 Å². The van der Waals surface area contributed by atoms with Crippen molar-refractivity contribution in [2.75, 3.05) is 0 Å². The Kier molecular flexibility index (Phi) is 3.57. The van der Waals surface area contributed by atoms with Crippen molar-refractivity contribution in [2.24, 2.45) is 5.73 Å². The molecule has 0 saturated carbocycles. The summed E-state index contributed by atoms with van der Waals surface area (Å²) in [6.07, 6.45) is 4.49. The highest BCUT2D eigenvalue weighted by Gasteiger charge is 2.16. The van der Waals surface area contributed by atoms with Crippen LogP contribution < -0.4 is 5.73 Å². The van der Waals surface area contributed by atoms with Crippen molar-refractivity contribution in [3.63, 3.8) is 0 Å². The number of imidazole rings is 1. The van der Waals surface area contributed by atoms with E-state index in [0.29, 0.717) is 24.6 Å². The molecule has 0 aliphatic rings. The van der Waals surface area contributed by atoms with Crippen molar-refractivity contribution in [2.45, 2.75) is 25.8 Å². The number of aromatic nitrogens is 5. The fourth-order valence-electron chi connectivity index (χ4n) is 1.86. The van der Waals surface area contributed by atoms with Crippen molar-refractivity contribution in [1.29, 1.82) is 0 Å². The summed E-state index contributed by atoms with van der Waals surface area (Å²) < 4.78 is 5.21. The van der Waals surface area contributed by atoms with E-state index in [1.807, 2.05) is 12.3 Å². The minimum atomic E-state index is -0.339. The maximum atomic E-state index is 6.04. The SMILES string of the molecule is Cc1nc(Cc2noc(C(N)Cc3cnc[nH]3)n2)cs1.